The number of esters is 4. The molecular weight excluding hydrogens is 512 g/mol. The van der Waals surface area contributed by atoms with Crippen molar-refractivity contribution in [2.45, 2.75) is 6.42 Å². The van der Waals surface area contributed by atoms with Crippen LogP contribution in [0.2, 0.25) is 0 Å². The molecule has 0 radical (unpaired) electrons. The number of aromatic carboxylic acids is 2. The van der Waals surface area contributed by atoms with Gasteiger partial charge in [0, 0.05) is 0 Å². The van der Waals surface area contributed by atoms with Crippen molar-refractivity contribution in [2.24, 2.45) is 0 Å². The second kappa shape index (κ2) is 19.1. The Labute approximate surface area is 316 Å². The average molecular weight is 529 g/mol. The van der Waals surface area contributed by atoms with Gasteiger partial charge < -0.3 is 19.7 Å². The number of carbonyl (C=O) groups is 6. The van der Waals surface area contributed by atoms with E-state index in [0.29, 0.717) is 0 Å². The Kier molecular flexibility index (Phi) is 22.3. The summed E-state index contributed by atoms with van der Waals surface area (Å²) in [6, 6.07) is 9.36. The van der Waals surface area contributed by atoms with Crippen molar-refractivity contribution >= 4 is 198 Å². The summed E-state index contributed by atoms with van der Waals surface area (Å²) in [5.41, 5.74) is -0.873. The number of carbonyl (C=O) groups excluding carboxylic acids is 4. The summed E-state index contributed by atoms with van der Waals surface area (Å²) >= 11 is 0. The van der Waals surface area contributed by atoms with E-state index < -0.39 is 42.2 Å². The van der Waals surface area contributed by atoms with Crippen molar-refractivity contribution in [3.63, 3.8) is 0 Å². The van der Waals surface area contributed by atoms with E-state index in [1.807, 2.05) is 0 Å². The zero-order chi connectivity index (χ0) is 21.6. The molecule has 156 valence electrons. The number of rotatable bonds is 6. The SMILES string of the molecule is O=C(CC(=O)OC(=O)c1cccc(C(=O)O)c1)OC(=O)c1cccc(C(=O)O)c1.[KH].[KH].[NaH].[NaH]. The van der Waals surface area contributed by atoms with Crippen LogP contribution in [0.5, 0.6) is 0 Å². The topological polar surface area (TPSA) is 161 Å². The van der Waals surface area contributed by atoms with Crippen molar-refractivity contribution in [1.29, 1.82) is 0 Å². The first kappa shape index (κ1) is 38.5. The Bertz CT molecular complexity index is 961. The van der Waals surface area contributed by atoms with Gasteiger partial charge in [0.2, 0.25) is 0 Å². The van der Waals surface area contributed by atoms with Crippen LogP contribution in [0.25, 0.3) is 0 Å². The Balaban J connectivity index is -0.00000225. The van der Waals surface area contributed by atoms with Gasteiger partial charge in [-0.2, -0.15) is 0 Å². The van der Waals surface area contributed by atoms with Gasteiger partial charge in [0.05, 0.1) is 22.3 Å². The van der Waals surface area contributed by atoms with Gasteiger partial charge in [0.1, 0.15) is 6.42 Å². The molecule has 0 aliphatic carbocycles. The monoisotopic (exact) mass is 528 g/mol. The molecule has 0 fully saturated rings. The van der Waals surface area contributed by atoms with Crippen LogP contribution in [0, 0.1) is 0 Å². The second-order valence-electron chi connectivity index (χ2n) is 5.47. The van der Waals surface area contributed by atoms with Crippen LogP contribution in [0.4, 0.5) is 0 Å². The molecule has 2 aromatic carbocycles. The molecule has 0 bridgehead atoms. The van der Waals surface area contributed by atoms with Gasteiger partial charge in [-0.15, -0.1) is 0 Å². The molecule has 2 N–H and O–H groups in total. The zero-order valence-corrected chi connectivity index (χ0v) is 14.5. The fourth-order valence-corrected chi connectivity index (χ4v) is 2.07. The first-order chi connectivity index (χ1) is 13.7. The average Bonchev–Trinajstić information content (AvgIpc) is 2.67. The molecule has 0 atom stereocenters. The molecule has 0 saturated heterocycles. The fraction of sp³-hybridized carbons (Fsp3) is 0.0526. The summed E-state index contributed by atoms with van der Waals surface area (Å²) < 4.78 is 8.84. The quantitative estimate of drug-likeness (QED) is 0.269. The van der Waals surface area contributed by atoms with Gasteiger partial charge in [0.25, 0.3) is 0 Å². The molecule has 0 aliphatic heterocycles. The van der Waals surface area contributed by atoms with Gasteiger partial charge in [-0.1, -0.05) is 12.1 Å². The van der Waals surface area contributed by atoms with E-state index in [0.717, 1.165) is 12.1 Å². The van der Waals surface area contributed by atoms with Crippen LogP contribution in [-0.2, 0) is 19.1 Å². The number of hydrogen-bond acceptors (Lipinski definition) is 8. The van der Waals surface area contributed by atoms with E-state index >= 15 is 0 Å². The normalized spacial score (nSPS) is 8.73. The van der Waals surface area contributed by atoms with E-state index in [1.54, 1.807) is 0 Å². The molecule has 0 unspecified atom stereocenters. The van der Waals surface area contributed by atoms with Crippen molar-refractivity contribution in [2.75, 3.05) is 0 Å². The van der Waals surface area contributed by atoms with Gasteiger partial charge in [-0.3, -0.25) is 9.59 Å². The van der Waals surface area contributed by atoms with E-state index in [4.69, 9.17) is 10.2 Å². The van der Waals surface area contributed by atoms with Crippen LogP contribution < -0.4 is 0 Å². The van der Waals surface area contributed by atoms with Crippen molar-refractivity contribution in [3.05, 3.63) is 70.8 Å². The fourth-order valence-electron chi connectivity index (χ4n) is 2.07. The van der Waals surface area contributed by atoms with E-state index in [9.17, 15) is 28.8 Å². The Morgan fingerprint density at radius 3 is 1.21 bits per heavy atom. The summed E-state index contributed by atoms with van der Waals surface area (Å²) in [6.07, 6.45) is -1.07. The Morgan fingerprint density at radius 1 is 0.606 bits per heavy atom. The van der Waals surface area contributed by atoms with E-state index in [1.165, 1.54) is 36.4 Å². The Hall–Kier alpha value is 0.933. The standard InChI is InChI=1S/C19H12O10.2K.2Na.4H/c20-14(28-18(26)12-5-1-3-10(7-12)16(22)23)9-15(21)29-19(27)13-6-2-4-11(8-13)17(24)25;;;;;;;;/h1-8H,9H2,(H,22,23)(H,24,25);;;;;;;;. The predicted molar refractivity (Wildman–Crippen MR) is 121 cm³/mol. The zero-order valence-electron chi connectivity index (χ0n) is 14.5. The van der Waals surface area contributed by atoms with Crippen molar-refractivity contribution in [1.82, 2.24) is 0 Å². The molecule has 0 saturated carbocycles. The van der Waals surface area contributed by atoms with Gasteiger partial charge >= 0.3 is 198 Å². The number of carboxylic acids is 2. The molecule has 0 amide bonds. The molecule has 2 aromatic rings. The van der Waals surface area contributed by atoms with Crippen LogP contribution in [0.3, 0.4) is 0 Å². The molecule has 10 nitrogen and oxygen atoms in total. The van der Waals surface area contributed by atoms with Crippen molar-refractivity contribution in [3.8, 4) is 0 Å². The summed E-state index contributed by atoms with van der Waals surface area (Å²) in [5, 5.41) is 17.7. The molecule has 2 rings (SSSR count). The third kappa shape index (κ3) is 13.2. The van der Waals surface area contributed by atoms with Gasteiger partial charge in [-0.25, -0.2) is 19.2 Å². The molecular formula is C19H16K2Na2O10. The maximum absolute atomic E-state index is 11.8. The maximum atomic E-state index is 11.8. The summed E-state index contributed by atoms with van der Waals surface area (Å²) in [7, 11) is 0. The number of carboxylic acid groups (broad SMARTS) is 2. The number of ether oxygens (including phenoxy) is 2. The predicted octanol–water partition coefficient (Wildman–Crippen LogP) is -1.05. The minimum atomic E-state index is -1.33. The molecule has 0 spiro atoms. The van der Waals surface area contributed by atoms with Crippen LogP contribution >= 0.6 is 0 Å². The number of hydrogen-bond donors (Lipinski definition) is 2. The van der Waals surface area contributed by atoms with Gasteiger partial charge in [-0.05, 0) is 36.4 Å². The van der Waals surface area contributed by atoms with Crippen LogP contribution in [0.1, 0.15) is 47.9 Å². The minimum absolute atomic E-state index is 0. The van der Waals surface area contributed by atoms with E-state index in [2.05, 4.69) is 9.47 Å². The third-order valence-electron chi connectivity index (χ3n) is 3.39. The van der Waals surface area contributed by atoms with Crippen LogP contribution in [-0.4, -0.2) is 208 Å². The Morgan fingerprint density at radius 2 is 0.909 bits per heavy atom. The molecule has 0 heterocycles. The second-order valence-corrected chi connectivity index (χ2v) is 5.47. The number of benzene rings is 2. The molecule has 14 heteroatoms. The summed E-state index contributed by atoms with van der Waals surface area (Å²) in [6.45, 7) is 0. The van der Waals surface area contributed by atoms with E-state index in [-0.39, 0.29) is 184 Å². The molecule has 33 heavy (non-hydrogen) atoms. The molecule has 0 aliphatic rings. The summed E-state index contributed by atoms with van der Waals surface area (Å²) in [4.78, 5) is 68.8. The first-order valence-electron chi connectivity index (χ1n) is 7.84. The van der Waals surface area contributed by atoms with Gasteiger partial charge in [0.15, 0.2) is 0 Å². The summed E-state index contributed by atoms with van der Waals surface area (Å²) in [5.74, 6) is -7.61. The molecule has 0 aromatic heterocycles. The van der Waals surface area contributed by atoms with Crippen molar-refractivity contribution < 1.29 is 48.5 Å². The first-order valence-corrected chi connectivity index (χ1v) is 7.84. The third-order valence-corrected chi connectivity index (χ3v) is 3.39. The van der Waals surface area contributed by atoms with Crippen LogP contribution in [0.15, 0.2) is 48.5 Å².